The van der Waals surface area contributed by atoms with Crippen LogP contribution in [-0.4, -0.2) is 48.6 Å². The van der Waals surface area contributed by atoms with E-state index in [1.54, 1.807) is 10.9 Å². The number of amides is 3. The molecule has 3 heterocycles. The normalized spacial score (nSPS) is 13.8. The van der Waals surface area contributed by atoms with E-state index in [0.29, 0.717) is 19.0 Å². The highest BCUT2D eigenvalue weighted by molar-refractivity contribution is 5.95. The molecule has 3 aromatic rings. The lowest BCUT2D eigenvalue weighted by Gasteiger charge is -2.15. The first-order chi connectivity index (χ1) is 15.4. The second-order valence-electron chi connectivity index (χ2n) is 8.32. The quantitative estimate of drug-likeness (QED) is 0.592. The Kier molecular flexibility index (Phi) is 5.93. The average molecular weight is 438 g/mol. The highest BCUT2D eigenvalue weighted by Crippen LogP contribution is 2.12. The first-order valence-corrected chi connectivity index (χ1v) is 10.7. The van der Waals surface area contributed by atoms with Gasteiger partial charge in [0.1, 0.15) is 6.54 Å². The standard InChI is InChI=1S/C22H26N6O4/c1-15(2)8-10-25-14-24-19-18(25)20(30)28(13-17(29)26-11-9-23-21(26)31)22(32)27(19)12-16-6-4-3-5-7-16/h3-7,14-15H,8-13H2,1-2H3,(H,23,31). The number of imidazole rings is 1. The van der Waals surface area contributed by atoms with Crippen LogP contribution in [0.4, 0.5) is 4.79 Å². The van der Waals surface area contributed by atoms with Crippen LogP contribution in [0.3, 0.4) is 0 Å². The molecule has 2 aromatic heterocycles. The summed E-state index contributed by atoms with van der Waals surface area (Å²) in [6.07, 6.45) is 2.39. The van der Waals surface area contributed by atoms with Gasteiger partial charge in [-0.2, -0.15) is 0 Å². The summed E-state index contributed by atoms with van der Waals surface area (Å²) in [6, 6.07) is 8.85. The van der Waals surface area contributed by atoms with Crippen LogP contribution in [0.25, 0.3) is 11.2 Å². The molecule has 0 saturated carbocycles. The molecule has 0 radical (unpaired) electrons. The van der Waals surface area contributed by atoms with Crippen LogP contribution in [0.1, 0.15) is 25.8 Å². The Hall–Kier alpha value is -3.69. The molecule has 1 aliphatic heterocycles. The number of hydrogen-bond donors (Lipinski definition) is 1. The fourth-order valence-electron chi connectivity index (χ4n) is 3.78. The van der Waals surface area contributed by atoms with E-state index >= 15 is 0 Å². The molecule has 0 aliphatic carbocycles. The summed E-state index contributed by atoms with van der Waals surface area (Å²) in [6.45, 7) is 4.99. The molecule has 0 atom stereocenters. The third kappa shape index (κ3) is 4.08. The Labute approximate surface area is 184 Å². The lowest BCUT2D eigenvalue weighted by atomic mass is 10.1. The maximum atomic E-state index is 13.3. The summed E-state index contributed by atoms with van der Waals surface area (Å²) in [5.41, 5.74) is 0.218. The van der Waals surface area contributed by atoms with Crippen LogP contribution < -0.4 is 16.6 Å². The van der Waals surface area contributed by atoms with Gasteiger partial charge in [-0.05, 0) is 17.9 Å². The van der Waals surface area contributed by atoms with E-state index in [4.69, 9.17) is 0 Å². The van der Waals surface area contributed by atoms with Crippen molar-refractivity contribution in [3.05, 3.63) is 63.1 Å². The molecule has 3 amide bonds. The van der Waals surface area contributed by atoms with Gasteiger partial charge in [-0.3, -0.25) is 19.1 Å². The van der Waals surface area contributed by atoms with Gasteiger partial charge in [0.2, 0.25) is 0 Å². The van der Waals surface area contributed by atoms with Crippen LogP contribution in [0, 0.1) is 5.92 Å². The predicted octanol–water partition coefficient (Wildman–Crippen LogP) is 1.01. The van der Waals surface area contributed by atoms with E-state index in [9.17, 15) is 19.2 Å². The van der Waals surface area contributed by atoms with Gasteiger partial charge < -0.3 is 9.88 Å². The number of aryl methyl sites for hydroxylation is 1. The van der Waals surface area contributed by atoms with Crippen molar-refractivity contribution >= 4 is 23.1 Å². The number of carbonyl (C=O) groups excluding carboxylic acids is 2. The number of carbonyl (C=O) groups is 2. The van der Waals surface area contributed by atoms with Crippen molar-refractivity contribution in [2.24, 2.45) is 5.92 Å². The smallest absolute Gasteiger partial charge is 0.333 e. The second kappa shape index (κ2) is 8.81. The molecule has 0 spiro atoms. The number of urea groups is 1. The van der Waals surface area contributed by atoms with E-state index in [0.717, 1.165) is 21.5 Å². The van der Waals surface area contributed by atoms with Crippen molar-refractivity contribution < 1.29 is 9.59 Å². The molecule has 4 rings (SSSR count). The average Bonchev–Trinajstić information content (AvgIpc) is 3.39. The highest BCUT2D eigenvalue weighted by Gasteiger charge is 2.28. The topological polar surface area (TPSA) is 111 Å². The maximum absolute atomic E-state index is 13.3. The van der Waals surface area contributed by atoms with Gasteiger partial charge in [0.25, 0.3) is 11.5 Å². The number of aromatic nitrogens is 4. The Morgan fingerprint density at radius 1 is 1.12 bits per heavy atom. The minimum Gasteiger partial charge on any atom is -0.336 e. The Bertz CT molecular complexity index is 1270. The van der Waals surface area contributed by atoms with Crippen LogP contribution in [0.15, 0.2) is 46.2 Å². The van der Waals surface area contributed by atoms with Crippen LogP contribution in [-0.2, 0) is 24.4 Å². The zero-order valence-electron chi connectivity index (χ0n) is 18.2. The summed E-state index contributed by atoms with van der Waals surface area (Å²) < 4.78 is 4.06. The molecule has 1 saturated heterocycles. The summed E-state index contributed by atoms with van der Waals surface area (Å²) >= 11 is 0. The first-order valence-electron chi connectivity index (χ1n) is 10.7. The molecule has 0 unspecified atom stereocenters. The van der Waals surface area contributed by atoms with E-state index in [1.807, 2.05) is 30.3 Å². The maximum Gasteiger partial charge on any atom is 0.333 e. The van der Waals surface area contributed by atoms with Crippen LogP contribution in [0.5, 0.6) is 0 Å². The minimum absolute atomic E-state index is 0.204. The van der Waals surface area contributed by atoms with Gasteiger partial charge >= 0.3 is 11.7 Å². The zero-order valence-corrected chi connectivity index (χ0v) is 18.2. The predicted molar refractivity (Wildman–Crippen MR) is 118 cm³/mol. The minimum atomic E-state index is -0.631. The lowest BCUT2D eigenvalue weighted by Crippen LogP contribution is -2.46. The van der Waals surface area contributed by atoms with Gasteiger partial charge in [-0.15, -0.1) is 0 Å². The molecule has 168 valence electrons. The molecule has 1 aromatic carbocycles. The molecular weight excluding hydrogens is 412 g/mol. The van der Waals surface area contributed by atoms with E-state index in [-0.39, 0.29) is 24.3 Å². The number of hydrogen-bond acceptors (Lipinski definition) is 5. The first kappa shape index (κ1) is 21.5. The molecule has 1 N–H and O–H groups in total. The molecular formula is C22H26N6O4. The Morgan fingerprint density at radius 2 is 1.88 bits per heavy atom. The number of rotatable bonds is 7. The third-order valence-corrected chi connectivity index (χ3v) is 5.57. The van der Waals surface area contributed by atoms with Gasteiger partial charge in [0.15, 0.2) is 11.2 Å². The molecule has 10 heteroatoms. The van der Waals surface area contributed by atoms with Crippen molar-refractivity contribution in [1.82, 2.24) is 28.9 Å². The van der Waals surface area contributed by atoms with Gasteiger partial charge in [0, 0.05) is 19.6 Å². The van der Waals surface area contributed by atoms with Crippen molar-refractivity contribution in [1.29, 1.82) is 0 Å². The second-order valence-corrected chi connectivity index (χ2v) is 8.32. The molecule has 1 aliphatic rings. The molecule has 0 bridgehead atoms. The number of benzene rings is 1. The number of nitrogens with one attached hydrogen (secondary N) is 1. The van der Waals surface area contributed by atoms with Crippen LogP contribution in [0.2, 0.25) is 0 Å². The van der Waals surface area contributed by atoms with Crippen molar-refractivity contribution in [3.8, 4) is 0 Å². The fourth-order valence-corrected chi connectivity index (χ4v) is 3.78. The lowest BCUT2D eigenvalue weighted by molar-refractivity contribution is -0.128. The highest BCUT2D eigenvalue weighted by atomic mass is 16.2. The SMILES string of the molecule is CC(C)CCn1cnc2c1c(=O)n(CC(=O)N1CCNC1=O)c(=O)n2Cc1ccccc1. The van der Waals surface area contributed by atoms with Crippen LogP contribution >= 0.6 is 0 Å². The zero-order chi connectivity index (χ0) is 22.8. The Morgan fingerprint density at radius 3 is 2.53 bits per heavy atom. The van der Waals surface area contributed by atoms with Crippen molar-refractivity contribution in [2.75, 3.05) is 13.1 Å². The molecule has 32 heavy (non-hydrogen) atoms. The third-order valence-electron chi connectivity index (χ3n) is 5.57. The van der Waals surface area contributed by atoms with Crippen molar-refractivity contribution in [2.45, 2.75) is 39.9 Å². The van der Waals surface area contributed by atoms with Crippen molar-refractivity contribution in [3.63, 3.8) is 0 Å². The summed E-state index contributed by atoms with van der Waals surface area (Å²) in [5.74, 6) is -0.182. The molecule has 10 nitrogen and oxygen atoms in total. The Balaban J connectivity index is 1.83. The summed E-state index contributed by atoms with van der Waals surface area (Å²) in [7, 11) is 0. The van der Waals surface area contributed by atoms with E-state index in [1.165, 1.54) is 4.57 Å². The summed E-state index contributed by atoms with van der Waals surface area (Å²) in [5, 5.41) is 2.55. The number of imide groups is 1. The number of fused-ring (bicyclic) bond motifs is 1. The largest absolute Gasteiger partial charge is 0.336 e. The van der Waals surface area contributed by atoms with Gasteiger partial charge in [-0.25, -0.2) is 19.1 Å². The van der Waals surface area contributed by atoms with E-state index < -0.39 is 29.7 Å². The van der Waals surface area contributed by atoms with Gasteiger partial charge in [-0.1, -0.05) is 44.2 Å². The summed E-state index contributed by atoms with van der Waals surface area (Å²) in [4.78, 5) is 56.6. The number of nitrogens with zero attached hydrogens (tertiary/aromatic N) is 5. The molecule has 1 fully saturated rings. The van der Waals surface area contributed by atoms with E-state index in [2.05, 4.69) is 24.1 Å². The fraction of sp³-hybridized carbons (Fsp3) is 0.409. The monoisotopic (exact) mass is 438 g/mol. The van der Waals surface area contributed by atoms with Gasteiger partial charge in [0.05, 0.1) is 12.9 Å².